The SMILES string of the molecule is COc1c(Cl)ccc(O)c1C(C)N(C)CC1CCCN1C. The molecule has 1 fully saturated rings. The van der Waals surface area contributed by atoms with Gasteiger partial charge in [-0.3, -0.25) is 4.90 Å². The monoisotopic (exact) mass is 312 g/mol. The van der Waals surface area contributed by atoms with Crippen LogP contribution in [0.3, 0.4) is 0 Å². The number of likely N-dealkylation sites (N-methyl/N-ethyl adjacent to an activating group) is 2. The minimum absolute atomic E-state index is 0.0349. The second kappa shape index (κ2) is 6.86. The lowest BCUT2D eigenvalue weighted by Gasteiger charge is -2.31. The molecule has 4 nitrogen and oxygen atoms in total. The van der Waals surface area contributed by atoms with Crippen LogP contribution in [0, 0.1) is 0 Å². The van der Waals surface area contributed by atoms with Gasteiger partial charge in [0.25, 0.3) is 0 Å². The highest BCUT2D eigenvalue weighted by Gasteiger charge is 2.27. The number of rotatable bonds is 5. The van der Waals surface area contributed by atoms with Crippen LogP contribution in [0.15, 0.2) is 12.1 Å². The van der Waals surface area contributed by atoms with E-state index in [1.807, 2.05) is 0 Å². The molecule has 5 heteroatoms. The summed E-state index contributed by atoms with van der Waals surface area (Å²) in [5, 5.41) is 10.7. The Balaban J connectivity index is 2.19. The number of phenols is 1. The van der Waals surface area contributed by atoms with Crippen molar-refractivity contribution < 1.29 is 9.84 Å². The van der Waals surface area contributed by atoms with Gasteiger partial charge in [-0.05, 0) is 52.5 Å². The normalized spacial score (nSPS) is 21.0. The largest absolute Gasteiger partial charge is 0.507 e. The number of benzene rings is 1. The number of ether oxygens (including phenoxy) is 1. The van der Waals surface area contributed by atoms with E-state index in [9.17, 15) is 5.11 Å². The van der Waals surface area contributed by atoms with E-state index < -0.39 is 0 Å². The number of hydrogen-bond donors (Lipinski definition) is 1. The van der Waals surface area contributed by atoms with Crippen LogP contribution in [0.4, 0.5) is 0 Å². The van der Waals surface area contributed by atoms with Crippen LogP contribution in [0.1, 0.15) is 31.4 Å². The van der Waals surface area contributed by atoms with Gasteiger partial charge in [-0.2, -0.15) is 0 Å². The number of nitrogens with zero attached hydrogens (tertiary/aromatic N) is 2. The minimum atomic E-state index is 0.0349. The van der Waals surface area contributed by atoms with Crippen LogP contribution >= 0.6 is 11.6 Å². The first-order chi connectivity index (χ1) is 9.95. The van der Waals surface area contributed by atoms with Gasteiger partial charge in [0.15, 0.2) is 0 Å². The molecule has 21 heavy (non-hydrogen) atoms. The van der Waals surface area contributed by atoms with Gasteiger partial charge >= 0.3 is 0 Å². The van der Waals surface area contributed by atoms with E-state index >= 15 is 0 Å². The van der Waals surface area contributed by atoms with Crippen molar-refractivity contribution in [2.24, 2.45) is 0 Å². The maximum Gasteiger partial charge on any atom is 0.145 e. The van der Waals surface area contributed by atoms with Gasteiger partial charge in [-0.1, -0.05) is 11.6 Å². The second-order valence-corrected chi connectivity index (χ2v) is 6.31. The molecule has 0 aliphatic carbocycles. The standard InChI is InChI=1S/C16H25ClN2O2/c1-11(19(3)10-12-6-5-9-18(12)2)15-14(20)8-7-13(17)16(15)21-4/h7-8,11-12,20H,5-6,9-10H2,1-4H3. The predicted molar refractivity (Wildman–Crippen MR) is 86.4 cm³/mol. The number of likely N-dealkylation sites (tertiary alicyclic amines) is 1. The molecular formula is C16H25ClN2O2. The lowest BCUT2D eigenvalue weighted by molar-refractivity contribution is 0.181. The minimum Gasteiger partial charge on any atom is -0.507 e. The summed E-state index contributed by atoms with van der Waals surface area (Å²) in [4.78, 5) is 4.65. The lowest BCUT2D eigenvalue weighted by Crippen LogP contribution is -2.37. The Kier molecular flexibility index (Phi) is 5.36. The Morgan fingerprint density at radius 1 is 1.52 bits per heavy atom. The zero-order valence-electron chi connectivity index (χ0n) is 13.3. The highest BCUT2D eigenvalue weighted by molar-refractivity contribution is 6.32. The third kappa shape index (κ3) is 3.44. The van der Waals surface area contributed by atoms with Crippen molar-refractivity contribution in [2.45, 2.75) is 31.8 Å². The molecule has 0 bridgehead atoms. The Morgan fingerprint density at radius 2 is 2.24 bits per heavy atom. The fourth-order valence-corrected chi connectivity index (χ4v) is 3.34. The highest BCUT2D eigenvalue weighted by Crippen LogP contribution is 2.40. The summed E-state index contributed by atoms with van der Waals surface area (Å²) >= 11 is 6.18. The first-order valence-electron chi connectivity index (χ1n) is 7.41. The van der Waals surface area contributed by atoms with Gasteiger partial charge < -0.3 is 14.7 Å². The fraction of sp³-hybridized carbons (Fsp3) is 0.625. The summed E-state index contributed by atoms with van der Waals surface area (Å²) in [6, 6.07) is 3.90. The molecule has 1 aliphatic rings. The van der Waals surface area contributed by atoms with E-state index in [4.69, 9.17) is 16.3 Å². The number of aromatic hydroxyl groups is 1. The summed E-state index contributed by atoms with van der Waals surface area (Å²) in [6.07, 6.45) is 2.49. The predicted octanol–water partition coefficient (Wildman–Crippen LogP) is 3.14. The van der Waals surface area contributed by atoms with Gasteiger partial charge in [-0.15, -0.1) is 0 Å². The lowest BCUT2D eigenvalue weighted by atomic mass is 10.0. The van der Waals surface area contributed by atoms with Crippen molar-refractivity contribution in [3.63, 3.8) is 0 Å². The molecule has 0 radical (unpaired) electrons. The Bertz CT molecular complexity index is 495. The van der Waals surface area contributed by atoms with Crippen LogP contribution < -0.4 is 4.74 Å². The summed E-state index contributed by atoms with van der Waals surface area (Å²) in [5.74, 6) is 0.797. The zero-order chi connectivity index (χ0) is 15.6. The van der Waals surface area contributed by atoms with Crippen molar-refractivity contribution in [3.8, 4) is 11.5 Å². The molecule has 1 aliphatic heterocycles. The molecule has 1 aromatic rings. The molecule has 1 aromatic carbocycles. The average Bonchev–Trinajstić information content (AvgIpc) is 2.85. The third-order valence-corrected chi connectivity index (χ3v) is 4.88. The molecular weight excluding hydrogens is 288 g/mol. The summed E-state index contributed by atoms with van der Waals surface area (Å²) < 4.78 is 5.39. The number of hydrogen-bond acceptors (Lipinski definition) is 4. The second-order valence-electron chi connectivity index (χ2n) is 5.91. The van der Waals surface area contributed by atoms with Crippen LogP contribution in [0.2, 0.25) is 5.02 Å². The Hall–Kier alpha value is -0.970. The molecule has 0 saturated carbocycles. The number of methoxy groups -OCH3 is 1. The third-order valence-electron chi connectivity index (χ3n) is 4.58. The van der Waals surface area contributed by atoms with E-state index in [-0.39, 0.29) is 11.8 Å². The Morgan fingerprint density at radius 3 is 2.81 bits per heavy atom. The van der Waals surface area contributed by atoms with E-state index in [2.05, 4.69) is 30.8 Å². The zero-order valence-corrected chi connectivity index (χ0v) is 14.0. The number of halogens is 1. The molecule has 0 aromatic heterocycles. The van der Waals surface area contributed by atoms with Crippen molar-refractivity contribution in [2.75, 3.05) is 34.3 Å². The van der Waals surface area contributed by atoms with Crippen molar-refractivity contribution in [1.29, 1.82) is 0 Å². The summed E-state index contributed by atoms with van der Waals surface area (Å²) in [6.45, 7) is 4.20. The number of phenolic OH excluding ortho intramolecular Hbond substituents is 1. The van der Waals surface area contributed by atoms with Crippen molar-refractivity contribution >= 4 is 11.6 Å². The van der Waals surface area contributed by atoms with E-state index in [0.717, 1.165) is 12.1 Å². The molecule has 118 valence electrons. The molecule has 1 N–H and O–H groups in total. The van der Waals surface area contributed by atoms with Crippen molar-refractivity contribution in [3.05, 3.63) is 22.7 Å². The highest BCUT2D eigenvalue weighted by atomic mass is 35.5. The van der Waals surface area contributed by atoms with Crippen molar-refractivity contribution in [1.82, 2.24) is 9.80 Å². The van der Waals surface area contributed by atoms with Crippen LogP contribution in [-0.4, -0.2) is 55.2 Å². The molecule has 2 atom stereocenters. The maximum atomic E-state index is 10.2. The topological polar surface area (TPSA) is 35.9 Å². The first kappa shape index (κ1) is 16.4. The van der Waals surface area contributed by atoms with Crippen LogP contribution in [0.5, 0.6) is 11.5 Å². The first-order valence-corrected chi connectivity index (χ1v) is 7.79. The maximum absolute atomic E-state index is 10.2. The average molecular weight is 313 g/mol. The van der Waals surface area contributed by atoms with Gasteiger partial charge in [0, 0.05) is 18.6 Å². The van der Waals surface area contributed by atoms with E-state index in [0.29, 0.717) is 16.8 Å². The molecule has 1 saturated heterocycles. The van der Waals surface area contributed by atoms with Gasteiger partial charge in [-0.25, -0.2) is 0 Å². The molecule has 1 heterocycles. The fourth-order valence-electron chi connectivity index (χ4n) is 3.09. The molecule has 2 unspecified atom stereocenters. The van der Waals surface area contributed by atoms with Gasteiger partial charge in [0.2, 0.25) is 0 Å². The van der Waals surface area contributed by atoms with Crippen LogP contribution in [-0.2, 0) is 0 Å². The smallest absolute Gasteiger partial charge is 0.145 e. The van der Waals surface area contributed by atoms with E-state index in [1.54, 1.807) is 19.2 Å². The molecule has 0 spiro atoms. The quantitative estimate of drug-likeness (QED) is 0.906. The Labute approximate surface area is 132 Å². The van der Waals surface area contributed by atoms with Gasteiger partial charge in [0.1, 0.15) is 11.5 Å². The summed E-state index contributed by atoms with van der Waals surface area (Å²) in [5.41, 5.74) is 0.758. The summed E-state index contributed by atoms with van der Waals surface area (Å²) in [7, 11) is 5.84. The van der Waals surface area contributed by atoms with Crippen LogP contribution in [0.25, 0.3) is 0 Å². The molecule has 0 amide bonds. The van der Waals surface area contributed by atoms with E-state index in [1.165, 1.54) is 19.4 Å². The molecule has 2 rings (SSSR count). The van der Waals surface area contributed by atoms with Gasteiger partial charge in [0.05, 0.1) is 17.7 Å².